The van der Waals surface area contributed by atoms with Gasteiger partial charge in [-0.15, -0.1) is 0 Å². The summed E-state index contributed by atoms with van der Waals surface area (Å²) >= 11 is 6.01. The van der Waals surface area contributed by atoms with Crippen LogP contribution in [0, 0.1) is 0 Å². The third kappa shape index (κ3) is 1.78. The van der Waals surface area contributed by atoms with Gasteiger partial charge in [-0.3, -0.25) is 4.57 Å². The lowest BCUT2D eigenvalue weighted by Gasteiger charge is -2.16. The van der Waals surface area contributed by atoms with Crippen molar-refractivity contribution in [1.29, 1.82) is 0 Å². The molecule has 0 aliphatic carbocycles. The first-order valence-corrected chi connectivity index (χ1v) is 6.00. The first-order chi connectivity index (χ1) is 8.70. The summed E-state index contributed by atoms with van der Waals surface area (Å²) in [5.74, 6) is 0. The van der Waals surface area contributed by atoms with Crippen molar-refractivity contribution in [2.75, 3.05) is 6.61 Å². The number of hydrogen-bond donors (Lipinski definition) is 2. The monoisotopic (exact) mass is 269 g/mol. The molecule has 6 nitrogen and oxygen atoms in total. The highest BCUT2D eigenvalue weighted by Crippen LogP contribution is 2.31. The number of imidazole rings is 1. The Kier molecular flexibility index (Phi) is 2.95. The summed E-state index contributed by atoms with van der Waals surface area (Å²) in [6, 6.07) is 1.66. The van der Waals surface area contributed by atoms with Crippen molar-refractivity contribution in [3.63, 3.8) is 0 Å². The van der Waals surface area contributed by atoms with Crippen molar-refractivity contribution in [2.24, 2.45) is 0 Å². The molecule has 1 aliphatic heterocycles. The smallest absolute Gasteiger partial charge is 0.163 e. The molecule has 0 aromatic carbocycles. The average molecular weight is 270 g/mol. The summed E-state index contributed by atoms with van der Waals surface area (Å²) in [7, 11) is 0. The Morgan fingerprint density at radius 1 is 1.50 bits per heavy atom. The van der Waals surface area contributed by atoms with Gasteiger partial charge in [-0.2, -0.15) is 0 Å². The van der Waals surface area contributed by atoms with E-state index in [1.54, 1.807) is 16.8 Å². The molecule has 2 aromatic rings. The van der Waals surface area contributed by atoms with Crippen molar-refractivity contribution >= 4 is 22.8 Å². The van der Waals surface area contributed by atoms with Gasteiger partial charge in [0.25, 0.3) is 0 Å². The zero-order valence-electron chi connectivity index (χ0n) is 9.40. The van der Waals surface area contributed by atoms with E-state index in [1.165, 1.54) is 6.33 Å². The second-order valence-corrected chi connectivity index (χ2v) is 4.66. The molecule has 1 aliphatic rings. The molecular weight excluding hydrogens is 258 g/mol. The van der Waals surface area contributed by atoms with Gasteiger partial charge in [-0.05, 0) is 6.07 Å². The molecule has 1 fully saturated rings. The molecule has 7 heteroatoms. The lowest BCUT2D eigenvalue weighted by atomic mass is 10.2. The third-order valence-electron chi connectivity index (χ3n) is 3.05. The van der Waals surface area contributed by atoms with Crippen molar-refractivity contribution in [2.45, 2.75) is 24.9 Å². The third-order valence-corrected chi connectivity index (χ3v) is 3.36. The van der Waals surface area contributed by atoms with E-state index in [0.717, 1.165) is 0 Å². The number of nitrogens with zero attached hydrogens (tertiary/aromatic N) is 3. The lowest BCUT2D eigenvalue weighted by molar-refractivity contribution is -0.0486. The molecule has 3 rings (SSSR count). The molecule has 96 valence electrons. The van der Waals surface area contributed by atoms with Crippen molar-refractivity contribution in [1.82, 2.24) is 14.5 Å². The molecule has 3 atom stereocenters. The summed E-state index contributed by atoms with van der Waals surface area (Å²) in [5.41, 5.74) is 1.13. The second-order valence-electron chi connectivity index (χ2n) is 4.25. The van der Waals surface area contributed by atoms with Gasteiger partial charge in [0.05, 0.1) is 24.1 Å². The molecule has 0 radical (unpaired) electrons. The quantitative estimate of drug-likeness (QED) is 0.840. The Hall–Kier alpha value is -1.21. The first kappa shape index (κ1) is 11.9. The minimum Gasteiger partial charge on any atom is -0.394 e. The van der Waals surface area contributed by atoms with E-state index in [1.807, 2.05) is 0 Å². The predicted octanol–water partition coefficient (Wildman–Crippen LogP) is 0.725. The molecule has 3 heterocycles. The normalized spacial score (nSPS) is 28.1. The maximum absolute atomic E-state index is 9.95. The van der Waals surface area contributed by atoms with Crippen LogP contribution in [0.1, 0.15) is 12.6 Å². The zero-order valence-corrected chi connectivity index (χ0v) is 10.2. The second kappa shape index (κ2) is 4.47. The summed E-state index contributed by atoms with van der Waals surface area (Å²) in [6.45, 7) is -0.117. The van der Waals surface area contributed by atoms with Crippen molar-refractivity contribution < 1.29 is 14.9 Å². The van der Waals surface area contributed by atoms with Gasteiger partial charge < -0.3 is 14.9 Å². The highest BCUT2D eigenvalue weighted by atomic mass is 35.5. The Labute approximate surface area is 108 Å². The standard InChI is InChI=1S/C11H12ClN3O3/c12-7-1-2-13-10-9(7)14-5-15(10)11-8(17)3-6(4-16)18-11/h1-2,5-6,8,11,16-17H,3-4H2/t6-,8?,11+/m0/s1. The van der Waals surface area contributed by atoms with Crippen LogP contribution in [-0.4, -0.2) is 43.6 Å². The molecule has 1 unspecified atom stereocenters. The summed E-state index contributed by atoms with van der Waals surface area (Å²) in [4.78, 5) is 8.36. The number of hydrogen-bond acceptors (Lipinski definition) is 5. The summed E-state index contributed by atoms with van der Waals surface area (Å²) < 4.78 is 7.20. The highest BCUT2D eigenvalue weighted by Gasteiger charge is 2.35. The largest absolute Gasteiger partial charge is 0.394 e. The number of aliphatic hydroxyl groups excluding tert-OH is 2. The number of aliphatic hydroxyl groups is 2. The van der Waals surface area contributed by atoms with Crippen LogP contribution in [0.4, 0.5) is 0 Å². The predicted molar refractivity (Wildman–Crippen MR) is 64.2 cm³/mol. The van der Waals surface area contributed by atoms with Crippen LogP contribution in [0.3, 0.4) is 0 Å². The van der Waals surface area contributed by atoms with E-state index < -0.39 is 12.3 Å². The Balaban J connectivity index is 2.02. The average Bonchev–Trinajstić information content (AvgIpc) is 2.93. The minimum absolute atomic E-state index is 0.117. The lowest BCUT2D eigenvalue weighted by Crippen LogP contribution is -2.19. The van der Waals surface area contributed by atoms with E-state index in [4.69, 9.17) is 21.4 Å². The molecule has 1 saturated heterocycles. The number of pyridine rings is 1. The van der Waals surface area contributed by atoms with Crippen molar-refractivity contribution in [3.8, 4) is 0 Å². The van der Waals surface area contributed by atoms with Gasteiger partial charge in [0.2, 0.25) is 0 Å². The topological polar surface area (TPSA) is 80.4 Å². The molecular formula is C11H12ClN3O3. The molecule has 2 N–H and O–H groups in total. The van der Waals surface area contributed by atoms with E-state index in [0.29, 0.717) is 22.6 Å². The first-order valence-electron chi connectivity index (χ1n) is 5.62. The highest BCUT2D eigenvalue weighted by molar-refractivity contribution is 6.34. The number of ether oxygens (including phenoxy) is 1. The van der Waals surface area contributed by atoms with Crippen LogP contribution in [0.2, 0.25) is 5.02 Å². The maximum atomic E-state index is 9.95. The van der Waals surface area contributed by atoms with Crippen LogP contribution in [0.15, 0.2) is 18.6 Å². The molecule has 0 spiro atoms. The molecule has 0 amide bonds. The minimum atomic E-state index is -0.694. The Morgan fingerprint density at radius 3 is 3.06 bits per heavy atom. The van der Waals surface area contributed by atoms with Gasteiger partial charge in [0.1, 0.15) is 11.6 Å². The van der Waals surface area contributed by atoms with Crippen molar-refractivity contribution in [3.05, 3.63) is 23.6 Å². The molecule has 18 heavy (non-hydrogen) atoms. The fourth-order valence-corrected chi connectivity index (χ4v) is 2.38. The van der Waals surface area contributed by atoms with Gasteiger partial charge >= 0.3 is 0 Å². The number of rotatable bonds is 2. The Bertz CT molecular complexity index is 574. The molecule has 0 bridgehead atoms. The summed E-state index contributed by atoms with van der Waals surface area (Å²) in [6.07, 6.45) is 1.87. The van der Waals surface area contributed by atoms with E-state index >= 15 is 0 Å². The molecule has 0 saturated carbocycles. The van der Waals surface area contributed by atoms with E-state index in [2.05, 4.69) is 9.97 Å². The van der Waals surface area contributed by atoms with E-state index in [9.17, 15) is 5.11 Å². The number of fused-ring (bicyclic) bond motifs is 1. The van der Waals surface area contributed by atoms with Crippen LogP contribution in [0.25, 0.3) is 11.2 Å². The molecule has 2 aromatic heterocycles. The van der Waals surface area contributed by atoms with E-state index in [-0.39, 0.29) is 12.7 Å². The van der Waals surface area contributed by atoms with Gasteiger partial charge in [0, 0.05) is 12.6 Å². The number of halogens is 1. The van der Waals surface area contributed by atoms with Crippen LogP contribution < -0.4 is 0 Å². The van der Waals surface area contributed by atoms with Crippen LogP contribution in [0.5, 0.6) is 0 Å². The van der Waals surface area contributed by atoms with Gasteiger partial charge in [-0.25, -0.2) is 9.97 Å². The fraction of sp³-hybridized carbons (Fsp3) is 0.455. The maximum Gasteiger partial charge on any atom is 0.163 e. The zero-order chi connectivity index (χ0) is 12.7. The van der Waals surface area contributed by atoms with Crippen LogP contribution in [-0.2, 0) is 4.74 Å². The Morgan fingerprint density at radius 2 is 2.33 bits per heavy atom. The summed E-state index contributed by atoms with van der Waals surface area (Å²) in [5, 5.41) is 19.5. The van der Waals surface area contributed by atoms with Gasteiger partial charge in [-0.1, -0.05) is 11.6 Å². The van der Waals surface area contributed by atoms with Gasteiger partial charge in [0.15, 0.2) is 11.9 Å². The number of aromatic nitrogens is 3. The SMILES string of the molecule is OC[C@@H]1CC(O)[C@H](n2cnc3c(Cl)ccnc32)O1. The van der Waals surface area contributed by atoms with Crippen LogP contribution >= 0.6 is 11.6 Å². The fourth-order valence-electron chi connectivity index (χ4n) is 2.19.